The minimum atomic E-state index is -0.491. The van der Waals surface area contributed by atoms with Gasteiger partial charge in [-0.1, -0.05) is 30.2 Å². The Bertz CT molecular complexity index is 467. The number of hydrogen-bond acceptors (Lipinski definition) is 2. The molecular formula is C14H17ClFNO2. The van der Waals surface area contributed by atoms with Gasteiger partial charge in [0.2, 0.25) is 5.91 Å². The second-order valence-electron chi connectivity index (χ2n) is 4.91. The third-order valence-corrected chi connectivity index (χ3v) is 4.01. The molecule has 1 aliphatic rings. The molecule has 1 aliphatic carbocycles. The van der Waals surface area contributed by atoms with Gasteiger partial charge in [0.05, 0.1) is 5.02 Å². The smallest absolute Gasteiger partial charge is 0.223 e. The molecule has 0 bridgehead atoms. The predicted molar refractivity (Wildman–Crippen MR) is 71.2 cm³/mol. The van der Waals surface area contributed by atoms with E-state index in [9.17, 15) is 14.3 Å². The number of hydrogen-bond donors (Lipinski definition) is 2. The predicted octanol–water partition coefficient (Wildman–Crippen LogP) is 2.50. The summed E-state index contributed by atoms with van der Waals surface area (Å²) in [5.41, 5.74) is 0.374. The zero-order valence-corrected chi connectivity index (χ0v) is 11.3. The van der Waals surface area contributed by atoms with Crippen LogP contribution >= 0.6 is 11.6 Å². The second kappa shape index (κ2) is 6.35. The van der Waals surface area contributed by atoms with Gasteiger partial charge in [0.15, 0.2) is 0 Å². The van der Waals surface area contributed by atoms with Crippen molar-refractivity contribution in [3.8, 4) is 0 Å². The molecule has 0 saturated heterocycles. The maximum absolute atomic E-state index is 13.6. The van der Waals surface area contributed by atoms with Crippen molar-refractivity contribution in [2.45, 2.75) is 25.8 Å². The Kier molecular flexibility index (Phi) is 4.77. The van der Waals surface area contributed by atoms with Crippen LogP contribution in [0.15, 0.2) is 18.2 Å². The molecule has 1 aromatic rings. The Labute approximate surface area is 116 Å². The Hall–Kier alpha value is -1.13. The fraction of sp³-hybridized carbons (Fsp3) is 0.500. The molecule has 5 heteroatoms. The van der Waals surface area contributed by atoms with Crippen molar-refractivity contribution in [3.05, 3.63) is 34.6 Å². The van der Waals surface area contributed by atoms with Gasteiger partial charge in [0.25, 0.3) is 0 Å². The summed E-state index contributed by atoms with van der Waals surface area (Å²) in [6.45, 7) is 0.156. The normalized spacial score (nSPS) is 22.5. The molecule has 0 spiro atoms. The first-order valence-electron chi connectivity index (χ1n) is 6.45. The Morgan fingerprint density at radius 3 is 3.00 bits per heavy atom. The van der Waals surface area contributed by atoms with Gasteiger partial charge in [-0.15, -0.1) is 0 Å². The van der Waals surface area contributed by atoms with Gasteiger partial charge in [-0.3, -0.25) is 4.79 Å². The topological polar surface area (TPSA) is 49.3 Å². The third-order valence-electron chi connectivity index (χ3n) is 3.71. The minimum absolute atomic E-state index is 0.0314. The van der Waals surface area contributed by atoms with Crippen molar-refractivity contribution in [1.82, 2.24) is 5.32 Å². The number of aliphatic hydroxyl groups is 1. The molecule has 2 atom stereocenters. The van der Waals surface area contributed by atoms with Crippen LogP contribution in [-0.4, -0.2) is 17.6 Å². The van der Waals surface area contributed by atoms with E-state index < -0.39 is 5.82 Å². The summed E-state index contributed by atoms with van der Waals surface area (Å²) in [7, 11) is 0. The molecular weight excluding hydrogens is 269 g/mol. The Morgan fingerprint density at radius 1 is 1.47 bits per heavy atom. The first-order chi connectivity index (χ1) is 9.13. The molecule has 2 rings (SSSR count). The lowest BCUT2D eigenvalue weighted by Crippen LogP contribution is -2.33. The average Bonchev–Trinajstić information content (AvgIpc) is 2.88. The summed E-state index contributed by atoms with van der Waals surface area (Å²) in [4.78, 5) is 12.0. The van der Waals surface area contributed by atoms with E-state index in [1.807, 2.05) is 0 Å². The standard InChI is InChI=1S/C14H17ClFNO2/c15-12-6-2-3-9(13(12)16)7-17-14(19)11-5-1-4-10(11)8-18/h2-3,6,10-11,18H,1,4-5,7-8H2,(H,17,19)/t10-,11+/m0/s1. The van der Waals surface area contributed by atoms with Gasteiger partial charge in [-0.25, -0.2) is 4.39 Å². The van der Waals surface area contributed by atoms with Crippen LogP contribution in [0.1, 0.15) is 24.8 Å². The first-order valence-corrected chi connectivity index (χ1v) is 6.82. The van der Waals surface area contributed by atoms with Gasteiger partial charge in [-0.05, 0) is 24.8 Å². The highest BCUT2D eigenvalue weighted by atomic mass is 35.5. The SMILES string of the molecule is O=C(NCc1cccc(Cl)c1F)[C@@H]1CCC[C@H]1CO. The molecule has 1 saturated carbocycles. The lowest BCUT2D eigenvalue weighted by atomic mass is 9.96. The maximum Gasteiger partial charge on any atom is 0.223 e. The molecule has 0 radical (unpaired) electrons. The van der Waals surface area contributed by atoms with Crippen molar-refractivity contribution in [2.24, 2.45) is 11.8 Å². The van der Waals surface area contributed by atoms with Crippen molar-refractivity contribution in [1.29, 1.82) is 0 Å². The van der Waals surface area contributed by atoms with Crippen LogP contribution in [0, 0.1) is 17.7 Å². The Morgan fingerprint density at radius 2 is 2.26 bits per heavy atom. The quantitative estimate of drug-likeness (QED) is 0.893. The minimum Gasteiger partial charge on any atom is -0.396 e. The van der Waals surface area contributed by atoms with E-state index in [-0.39, 0.29) is 35.9 Å². The van der Waals surface area contributed by atoms with Gasteiger partial charge in [0, 0.05) is 24.6 Å². The van der Waals surface area contributed by atoms with Crippen molar-refractivity contribution in [2.75, 3.05) is 6.61 Å². The summed E-state index contributed by atoms with van der Waals surface area (Å²) in [6.07, 6.45) is 2.62. The molecule has 1 fully saturated rings. The fourth-order valence-corrected chi connectivity index (χ4v) is 2.79. The average molecular weight is 286 g/mol. The molecule has 0 unspecified atom stereocenters. The number of carbonyl (C=O) groups is 1. The van der Waals surface area contributed by atoms with Gasteiger partial charge in [0.1, 0.15) is 5.82 Å². The summed E-state index contributed by atoms with van der Waals surface area (Å²) in [5, 5.41) is 12.0. The molecule has 0 aliphatic heterocycles. The first kappa shape index (κ1) is 14.3. The van der Waals surface area contributed by atoms with Crippen LogP contribution in [0.3, 0.4) is 0 Å². The third kappa shape index (κ3) is 3.25. The largest absolute Gasteiger partial charge is 0.396 e. The molecule has 0 heterocycles. The van der Waals surface area contributed by atoms with Crippen molar-refractivity contribution in [3.63, 3.8) is 0 Å². The van der Waals surface area contributed by atoms with E-state index in [2.05, 4.69) is 5.32 Å². The monoisotopic (exact) mass is 285 g/mol. The maximum atomic E-state index is 13.6. The molecule has 1 aromatic carbocycles. The highest BCUT2D eigenvalue weighted by molar-refractivity contribution is 6.30. The van der Waals surface area contributed by atoms with Crippen LogP contribution in [0.5, 0.6) is 0 Å². The van der Waals surface area contributed by atoms with E-state index in [0.717, 1.165) is 19.3 Å². The zero-order chi connectivity index (χ0) is 13.8. The molecule has 1 amide bonds. The van der Waals surface area contributed by atoms with E-state index >= 15 is 0 Å². The number of carbonyl (C=O) groups excluding carboxylic acids is 1. The van der Waals surface area contributed by atoms with Crippen molar-refractivity contribution >= 4 is 17.5 Å². The summed E-state index contributed by atoms with van der Waals surface area (Å²) < 4.78 is 13.6. The zero-order valence-electron chi connectivity index (χ0n) is 10.5. The summed E-state index contributed by atoms with van der Waals surface area (Å²) in [5.74, 6) is -0.734. The Balaban J connectivity index is 1.95. The van der Waals surface area contributed by atoms with E-state index in [4.69, 9.17) is 11.6 Å². The highest BCUT2D eigenvalue weighted by Crippen LogP contribution is 2.31. The number of rotatable bonds is 4. The summed E-state index contributed by atoms with van der Waals surface area (Å²) >= 11 is 5.68. The van der Waals surface area contributed by atoms with Crippen LogP contribution in [0.2, 0.25) is 5.02 Å². The number of halogens is 2. The van der Waals surface area contributed by atoms with Gasteiger partial charge < -0.3 is 10.4 Å². The molecule has 3 nitrogen and oxygen atoms in total. The highest BCUT2D eigenvalue weighted by Gasteiger charge is 2.32. The number of benzene rings is 1. The molecule has 2 N–H and O–H groups in total. The van der Waals surface area contributed by atoms with Crippen LogP contribution in [0.4, 0.5) is 4.39 Å². The second-order valence-corrected chi connectivity index (χ2v) is 5.32. The number of amides is 1. The summed E-state index contributed by atoms with van der Waals surface area (Å²) in [6, 6.07) is 4.72. The van der Waals surface area contributed by atoms with E-state index in [1.165, 1.54) is 6.07 Å². The van der Waals surface area contributed by atoms with E-state index in [1.54, 1.807) is 12.1 Å². The molecule has 19 heavy (non-hydrogen) atoms. The van der Waals surface area contributed by atoms with Crippen LogP contribution in [0.25, 0.3) is 0 Å². The number of nitrogens with one attached hydrogen (secondary N) is 1. The van der Waals surface area contributed by atoms with Gasteiger partial charge in [-0.2, -0.15) is 0 Å². The van der Waals surface area contributed by atoms with Gasteiger partial charge >= 0.3 is 0 Å². The van der Waals surface area contributed by atoms with E-state index in [0.29, 0.717) is 5.56 Å². The van der Waals surface area contributed by atoms with Crippen LogP contribution in [-0.2, 0) is 11.3 Å². The molecule has 0 aromatic heterocycles. The lowest BCUT2D eigenvalue weighted by Gasteiger charge is -2.17. The molecule has 104 valence electrons. The van der Waals surface area contributed by atoms with Crippen molar-refractivity contribution < 1.29 is 14.3 Å². The van der Waals surface area contributed by atoms with Crippen LogP contribution < -0.4 is 5.32 Å². The number of aliphatic hydroxyl groups excluding tert-OH is 1. The lowest BCUT2D eigenvalue weighted by molar-refractivity contribution is -0.126. The fourth-order valence-electron chi connectivity index (χ4n) is 2.60.